The minimum Gasteiger partial charge on any atom is -0.0591 e. The zero-order chi connectivity index (χ0) is 17.2. The van der Waals surface area contributed by atoms with Gasteiger partial charge in [0, 0.05) is 0 Å². The van der Waals surface area contributed by atoms with E-state index in [2.05, 4.69) is 34.6 Å². The van der Waals surface area contributed by atoms with E-state index in [1.165, 1.54) is 5.92 Å². The normalized spacial score (nSPS) is 94.3. The molecule has 14 rings (SSSR count). The lowest BCUT2D eigenvalue weighted by Gasteiger charge is -3.02. The minimum absolute atomic E-state index is 0.713. The Morgan fingerprint density at radius 1 is 0.769 bits per heavy atom. The van der Waals surface area contributed by atoms with Crippen LogP contribution in [0.1, 0.15) is 66.7 Å². The molecule has 1 spiro atoms. The van der Waals surface area contributed by atoms with Crippen LogP contribution >= 0.6 is 0 Å². The lowest BCUT2D eigenvalue weighted by atomic mass is 9.02. The molecule has 14 aliphatic carbocycles. The van der Waals surface area contributed by atoms with E-state index in [4.69, 9.17) is 0 Å². The highest BCUT2D eigenvalue weighted by Gasteiger charge is 3.08. The van der Waals surface area contributed by atoms with Crippen LogP contribution in [0.15, 0.2) is 0 Å². The molecule has 0 aromatic rings. The molecule has 0 saturated heterocycles. The molecule has 16 unspecified atom stereocenters. The van der Waals surface area contributed by atoms with E-state index in [1.54, 1.807) is 32.1 Å². The zero-order valence-corrected chi connectivity index (χ0v) is 17.2. The van der Waals surface area contributed by atoms with Gasteiger partial charge in [-0.25, -0.2) is 0 Å². The summed E-state index contributed by atoms with van der Waals surface area (Å²) in [5.41, 5.74) is 5.25. The summed E-state index contributed by atoms with van der Waals surface area (Å²) in [7, 11) is 0. The molecule has 0 aromatic carbocycles. The number of hydrogen-bond donors (Lipinski definition) is 0. The van der Waals surface area contributed by atoms with E-state index in [9.17, 15) is 0 Å². The molecule has 16 bridgehead atoms. The molecule has 26 heavy (non-hydrogen) atoms. The summed E-state index contributed by atoms with van der Waals surface area (Å²) >= 11 is 0. The first-order valence-electron chi connectivity index (χ1n) is 12.2. The minimum atomic E-state index is 0.713. The molecular formula is C26H34. The SMILES string of the molecule is CC12CC3C4C5C6CC1C1C4(C)C4CC7C2C3(C)C7(C)C52C1(C)CC42C6. The molecule has 0 aliphatic heterocycles. The van der Waals surface area contributed by atoms with Gasteiger partial charge in [-0.2, -0.15) is 0 Å². The topological polar surface area (TPSA) is 0 Å². The smallest absolute Gasteiger partial charge is 0.00850 e. The third-order valence-corrected chi connectivity index (χ3v) is 16.5. The van der Waals surface area contributed by atoms with Gasteiger partial charge in [-0.05, 0) is 123 Å². The third-order valence-electron chi connectivity index (χ3n) is 16.5. The van der Waals surface area contributed by atoms with Crippen molar-refractivity contribution >= 4 is 0 Å². The van der Waals surface area contributed by atoms with Crippen molar-refractivity contribution in [3.05, 3.63) is 0 Å². The van der Waals surface area contributed by atoms with Crippen LogP contribution in [0.2, 0.25) is 0 Å². The Hall–Kier alpha value is 0. The first-order valence-corrected chi connectivity index (χ1v) is 12.2. The van der Waals surface area contributed by atoms with Crippen LogP contribution in [0, 0.1) is 91.2 Å². The average molecular weight is 347 g/mol. The largest absolute Gasteiger partial charge is 0.0591 e. The average Bonchev–Trinajstić information content (AvgIpc) is 2.79. The van der Waals surface area contributed by atoms with Gasteiger partial charge in [-0.3, -0.25) is 0 Å². The molecule has 0 N–H and O–H groups in total. The summed E-state index contributed by atoms with van der Waals surface area (Å²) < 4.78 is 0. The predicted molar refractivity (Wildman–Crippen MR) is 99.9 cm³/mol. The van der Waals surface area contributed by atoms with Gasteiger partial charge in [-0.15, -0.1) is 0 Å². The Balaban J connectivity index is 1.54. The maximum absolute atomic E-state index is 2.93. The Morgan fingerprint density at radius 3 is 2.38 bits per heavy atom. The van der Waals surface area contributed by atoms with E-state index in [0.29, 0.717) is 5.41 Å². The molecule has 0 heterocycles. The van der Waals surface area contributed by atoms with Crippen LogP contribution in [0.5, 0.6) is 0 Å². The second kappa shape index (κ2) is 2.63. The molecule has 0 nitrogen and oxygen atoms in total. The first-order chi connectivity index (χ1) is 12.2. The van der Waals surface area contributed by atoms with Crippen LogP contribution in [0.25, 0.3) is 0 Å². The predicted octanol–water partition coefficient (Wildman–Crippen LogP) is 5.62. The van der Waals surface area contributed by atoms with Crippen LogP contribution < -0.4 is 0 Å². The highest BCUT2D eigenvalue weighted by molar-refractivity contribution is 5.54. The summed E-state index contributed by atoms with van der Waals surface area (Å²) in [6.07, 6.45) is 8.36. The van der Waals surface area contributed by atoms with Gasteiger partial charge in [-0.1, -0.05) is 34.6 Å². The summed E-state index contributed by atoms with van der Waals surface area (Å²) in [5.74, 6) is 10.1. The van der Waals surface area contributed by atoms with Crippen molar-refractivity contribution in [2.24, 2.45) is 91.2 Å². The summed E-state index contributed by atoms with van der Waals surface area (Å²) in [5, 5.41) is 0. The van der Waals surface area contributed by atoms with Crippen LogP contribution in [-0.4, -0.2) is 0 Å². The van der Waals surface area contributed by atoms with E-state index >= 15 is 0 Å². The Morgan fingerprint density at radius 2 is 1.58 bits per heavy atom. The van der Waals surface area contributed by atoms with Crippen LogP contribution in [-0.2, 0) is 0 Å². The van der Waals surface area contributed by atoms with Crippen molar-refractivity contribution in [2.45, 2.75) is 66.7 Å². The third kappa shape index (κ3) is 0.596. The van der Waals surface area contributed by atoms with Gasteiger partial charge in [0.2, 0.25) is 0 Å². The molecule has 0 radical (unpaired) electrons. The lowest BCUT2D eigenvalue weighted by molar-refractivity contribution is -0.554. The Bertz CT molecular complexity index is 919. The second-order valence-corrected chi connectivity index (χ2v) is 14.9. The van der Waals surface area contributed by atoms with E-state index < -0.39 is 0 Å². The summed E-state index contributed by atoms with van der Waals surface area (Å²) in [6, 6.07) is 0. The van der Waals surface area contributed by atoms with E-state index in [-0.39, 0.29) is 0 Å². The van der Waals surface area contributed by atoms with E-state index in [0.717, 1.165) is 79.8 Å². The zero-order valence-electron chi connectivity index (χ0n) is 17.2. The highest BCUT2D eigenvalue weighted by Crippen LogP contribution is 3.12. The maximum Gasteiger partial charge on any atom is -0.00850 e. The summed E-state index contributed by atoms with van der Waals surface area (Å²) in [6.45, 7) is 14.5. The van der Waals surface area contributed by atoms with E-state index in [1.807, 2.05) is 0 Å². The molecular weight excluding hydrogens is 312 g/mol. The Kier molecular flexibility index (Phi) is 1.34. The van der Waals surface area contributed by atoms with Gasteiger partial charge in [0.15, 0.2) is 0 Å². The molecule has 138 valence electrons. The number of rotatable bonds is 0. The Labute approximate surface area is 158 Å². The molecule has 0 aromatic heterocycles. The molecule has 16 atom stereocenters. The highest BCUT2D eigenvalue weighted by atomic mass is 15.1. The molecule has 14 saturated carbocycles. The quantitative estimate of drug-likeness (QED) is 0.534. The second-order valence-electron chi connectivity index (χ2n) is 14.9. The molecule has 14 aliphatic rings. The molecule has 14 fully saturated rings. The summed E-state index contributed by atoms with van der Waals surface area (Å²) in [4.78, 5) is 0. The number of hydrogen-bond acceptors (Lipinski definition) is 0. The lowest BCUT2D eigenvalue weighted by Crippen LogP contribution is -2.98. The molecule has 0 amide bonds. The van der Waals surface area contributed by atoms with Crippen molar-refractivity contribution in [1.29, 1.82) is 0 Å². The first kappa shape index (κ1) is 13.3. The van der Waals surface area contributed by atoms with Gasteiger partial charge in [0.1, 0.15) is 0 Å². The van der Waals surface area contributed by atoms with Gasteiger partial charge in [0.05, 0.1) is 0 Å². The van der Waals surface area contributed by atoms with Crippen molar-refractivity contribution in [3.8, 4) is 0 Å². The van der Waals surface area contributed by atoms with Crippen molar-refractivity contribution in [1.82, 2.24) is 0 Å². The fourth-order valence-electron chi connectivity index (χ4n) is 18.1. The van der Waals surface area contributed by atoms with Gasteiger partial charge in [0.25, 0.3) is 0 Å². The molecule has 0 heteroatoms. The van der Waals surface area contributed by atoms with Crippen LogP contribution in [0.4, 0.5) is 0 Å². The standard InChI is InChI=1S/C26H34/c1-20-9-14-17-16-11-6-12(20)19-21(2)10-25(8-11)15(22(17,19)3)7-13-18(20)23(14,4)24(13,5)26(16,21)25/h11-19H,6-10H2,1-5H3. The van der Waals surface area contributed by atoms with Gasteiger partial charge >= 0.3 is 0 Å². The monoisotopic (exact) mass is 346 g/mol. The van der Waals surface area contributed by atoms with Crippen molar-refractivity contribution in [3.63, 3.8) is 0 Å². The maximum atomic E-state index is 2.93. The van der Waals surface area contributed by atoms with Crippen molar-refractivity contribution in [2.75, 3.05) is 0 Å². The van der Waals surface area contributed by atoms with Crippen molar-refractivity contribution < 1.29 is 0 Å². The van der Waals surface area contributed by atoms with Crippen LogP contribution in [0.3, 0.4) is 0 Å². The van der Waals surface area contributed by atoms with Gasteiger partial charge < -0.3 is 0 Å². The fourth-order valence-corrected chi connectivity index (χ4v) is 18.1. The fraction of sp³-hybridized carbons (Fsp3) is 1.00.